The van der Waals surface area contributed by atoms with Crippen LogP contribution in [-0.4, -0.2) is 24.4 Å². The number of aryl methyl sites for hydroxylation is 1. The van der Waals surface area contributed by atoms with E-state index in [1.54, 1.807) is 11.4 Å². The maximum atomic E-state index is 12.6. The Bertz CT molecular complexity index is 741. The SMILES string of the molecule is C[C@H](C(=O)Nc1sccc1C(N)=O)N1CCCc2ccccc21. The topological polar surface area (TPSA) is 75.4 Å². The zero-order valence-electron chi connectivity index (χ0n) is 12.9. The first-order chi connectivity index (χ1) is 11.1. The number of nitrogens with zero attached hydrogens (tertiary/aromatic N) is 1. The van der Waals surface area contributed by atoms with E-state index in [2.05, 4.69) is 22.3 Å². The van der Waals surface area contributed by atoms with Crippen LogP contribution in [0.2, 0.25) is 0 Å². The third kappa shape index (κ3) is 3.07. The molecule has 2 heterocycles. The molecular weight excluding hydrogens is 310 g/mol. The highest BCUT2D eigenvalue weighted by atomic mass is 32.1. The molecule has 3 N–H and O–H groups in total. The van der Waals surface area contributed by atoms with Gasteiger partial charge in [0.25, 0.3) is 5.91 Å². The average molecular weight is 329 g/mol. The fourth-order valence-corrected chi connectivity index (χ4v) is 3.72. The Balaban J connectivity index is 1.78. The van der Waals surface area contributed by atoms with Gasteiger partial charge < -0.3 is 16.0 Å². The Hall–Kier alpha value is -2.34. The Morgan fingerprint density at radius 1 is 1.30 bits per heavy atom. The minimum Gasteiger partial charge on any atom is -0.366 e. The van der Waals surface area contributed by atoms with E-state index in [-0.39, 0.29) is 11.9 Å². The van der Waals surface area contributed by atoms with Crippen molar-refractivity contribution in [1.82, 2.24) is 0 Å². The second kappa shape index (κ2) is 6.42. The number of nitrogens with two attached hydrogens (primary N) is 1. The van der Waals surface area contributed by atoms with Crippen molar-refractivity contribution >= 4 is 33.8 Å². The smallest absolute Gasteiger partial charge is 0.251 e. The van der Waals surface area contributed by atoms with Gasteiger partial charge in [0.05, 0.1) is 5.56 Å². The number of carbonyl (C=O) groups excluding carboxylic acids is 2. The molecule has 23 heavy (non-hydrogen) atoms. The van der Waals surface area contributed by atoms with Crippen molar-refractivity contribution in [3.05, 3.63) is 46.8 Å². The van der Waals surface area contributed by atoms with Gasteiger partial charge in [-0.15, -0.1) is 11.3 Å². The van der Waals surface area contributed by atoms with Crippen LogP contribution >= 0.6 is 11.3 Å². The molecule has 1 atom stereocenters. The lowest BCUT2D eigenvalue weighted by Gasteiger charge is -2.35. The molecule has 0 saturated carbocycles. The normalized spacial score (nSPS) is 14.9. The van der Waals surface area contributed by atoms with Crippen LogP contribution in [0.4, 0.5) is 10.7 Å². The molecule has 2 amide bonds. The summed E-state index contributed by atoms with van der Waals surface area (Å²) in [6, 6.07) is 9.49. The molecule has 3 rings (SSSR count). The van der Waals surface area contributed by atoms with Gasteiger partial charge in [0.2, 0.25) is 5.91 Å². The summed E-state index contributed by atoms with van der Waals surface area (Å²) in [7, 11) is 0. The van der Waals surface area contributed by atoms with Gasteiger partial charge in [0.15, 0.2) is 0 Å². The largest absolute Gasteiger partial charge is 0.366 e. The maximum Gasteiger partial charge on any atom is 0.251 e. The van der Waals surface area contributed by atoms with Gasteiger partial charge in [-0.2, -0.15) is 0 Å². The van der Waals surface area contributed by atoms with E-state index in [1.807, 2.05) is 19.1 Å². The molecule has 1 aromatic heterocycles. The molecule has 6 heteroatoms. The van der Waals surface area contributed by atoms with Crippen LogP contribution in [0.15, 0.2) is 35.7 Å². The number of anilines is 2. The highest BCUT2D eigenvalue weighted by Crippen LogP contribution is 2.29. The number of primary amides is 1. The Morgan fingerprint density at radius 3 is 2.87 bits per heavy atom. The van der Waals surface area contributed by atoms with E-state index in [1.165, 1.54) is 16.9 Å². The Morgan fingerprint density at radius 2 is 2.09 bits per heavy atom. The summed E-state index contributed by atoms with van der Waals surface area (Å²) in [5.41, 5.74) is 8.06. The van der Waals surface area contributed by atoms with Crippen molar-refractivity contribution in [2.75, 3.05) is 16.8 Å². The number of rotatable bonds is 4. The van der Waals surface area contributed by atoms with Crippen molar-refractivity contribution in [3.8, 4) is 0 Å². The van der Waals surface area contributed by atoms with Gasteiger partial charge in [-0.25, -0.2) is 0 Å². The summed E-state index contributed by atoms with van der Waals surface area (Å²) >= 11 is 1.30. The van der Waals surface area contributed by atoms with Crippen molar-refractivity contribution in [2.45, 2.75) is 25.8 Å². The summed E-state index contributed by atoms with van der Waals surface area (Å²) in [4.78, 5) is 26.1. The Kier molecular flexibility index (Phi) is 4.34. The first kappa shape index (κ1) is 15.6. The van der Waals surface area contributed by atoms with Gasteiger partial charge in [0, 0.05) is 12.2 Å². The standard InChI is InChI=1S/C17H19N3O2S/c1-11(16(22)19-17-13(15(18)21)8-10-23-17)20-9-4-6-12-5-2-3-7-14(12)20/h2-3,5,7-8,10-11H,4,6,9H2,1H3,(H2,18,21)(H,19,22)/t11-/m1/s1. The fraction of sp³-hybridized carbons (Fsp3) is 0.294. The summed E-state index contributed by atoms with van der Waals surface area (Å²) in [6.07, 6.45) is 2.07. The molecule has 1 aliphatic rings. The molecule has 0 unspecified atom stereocenters. The second-order valence-corrected chi connectivity index (χ2v) is 6.53. The molecule has 0 saturated heterocycles. The number of carbonyl (C=O) groups is 2. The van der Waals surface area contributed by atoms with Gasteiger partial charge in [-0.3, -0.25) is 9.59 Å². The lowest BCUT2D eigenvalue weighted by molar-refractivity contribution is -0.117. The number of fused-ring (bicyclic) bond motifs is 1. The van der Waals surface area contributed by atoms with Crippen LogP contribution in [0.25, 0.3) is 0 Å². The zero-order valence-corrected chi connectivity index (χ0v) is 13.7. The van der Waals surface area contributed by atoms with Crippen LogP contribution in [-0.2, 0) is 11.2 Å². The van der Waals surface area contributed by atoms with Crippen molar-refractivity contribution in [2.24, 2.45) is 5.73 Å². The van der Waals surface area contributed by atoms with E-state index in [4.69, 9.17) is 5.73 Å². The van der Waals surface area contributed by atoms with E-state index in [0.29, 0.717) is 10.6 Å². The lowest BCUT2D eigenvalue weighted by Crippen LogP contribution is -2.44. The number of thiophene rings is 1. The number of para-hydroxylation sites is 1. The highest BCUT2D eigenvalue weighted by molar-refractivity contribution is 7.14. The van der Waals surface area contributed by atoms with E-state index in [0.717, 1.165) is 25.1 Å². The van der Waals surface area contributed by atoms with Gasteiger partial charge in [0.1, 0.15) is 11.0 Å². The fourth-order valence-electron chi connectivity index (χ4n) is 2.92. The first-order valence-corrected chi connectivity index (χ1v) is 8.48. The highest BCUT2D eigenvalue weighted by Gasteiger charge is 2.26. The molecule has 5 nitrogen and oxygen atoms in total. The zero-order chi connectivity index (χ0) is 16.4. The number of benzene rings is 1. The molecule has 1 aliphatic heterocycles. The summed E-state index contributed by atoms with van der Waals surface area (Å²) < 4.78 is 0. The quantitative estimate of drug-likeness (QED) is 0.905. The third-order valence-corrected chi connectivity index (χ3v) is 4.99. The molecule has 2 aromatic rings. The van der Waals surface area contributed by atoms with Crippen LogP contribution in [0.3, 0.4) is 0 Å². The van der Waals surface area contributed by atoms with Crippen molar-refractivity contribution < 1.29 is 9.59 Å². The van der Waals surface area contributed by atoms with E-state index in [9.17, 15) is 9.59 Å². The number of amides is 2. The second-order valence-electron chi connectivity index (χ2n) is 5.62. The lowest BCUT2D eigenvalue weighted by atomic mass is 10.00. The third-order valence-electron chi connectivity index (χ3n) is 4.16. The number of hydrogen-bond acceptors (Lipinski definition) is 4. The summed E-state index contributed by atoms with van der Waals surface area (Å²) in [5.74, 6) is -0.663. The van der Waals surface area contributed by atoms with Gasteiger partial charge >= 0.3 is 0 Å². The molecule has 0 aliphatic carbocycles. The number of hydrogen-bond donors (Lipinski definition) is 2. The van der Waals surface area contributed by atoms with Gasteiger partial charge in [-0.1, -0.05) is 18.2 Å². The minimum absolute atomic E-state index is 0.133. The molecule has 0 radical (unpaired) electrons. The van der Waals surface area contributed by atoms with Crippen LogP contribution in [0.5, 0.6) is 0 Å². The molecule has 0 spiro atoms. The summed E-state index contributed by atoms with van der Waals surface area (Å²) in [5, 5.41) is 5.10. The maximum absolute atomic E-state index is 12.6. The molecular formula is C17H19N3O2S. The van der Waals surface area contributed by atoms with Crippen LogP contribution < -0.4 is 16.0 Å². The van der Waals surface area contributed by atoms with Gasteiger partial charge in [-0.05, 0) is 42.8 Å². The monoisotopic (exact) mass is 329 g/mol. The molecule has 120 valence electrons. The Labute approximate surface area is 139 Å². The molecule has 0 bridgehead atoms. The average Bonchev–Trinajstić information content (AvgIpc) is 3.02. The minimum atomic E-state index is -0.530. The number of nitrogens with one attached hydrogen (secondary N) is 1. The van der Waals surface area contributed by atoms with Crippen LogP contribution in [0, 0.1) is 0 Å². The molecule has 1 aromatic carbocycles. The van der Waals surface area contributed by atoms with Crippen LogP contribution in [0.1, 0.15) is 29.3 Å². The first-order valence-electron chi connectivity index (χ1n) is 7.60. The predicted octanol–water partition coefficient (Wildman–Crippen LogP) is 2.63. The summed E-state index contributed by atoms with van der Waals surface area (Å²) in [6.45, 7) is 2.73. The van der Waals surface area contributed by atoms with E-state index < -0.39 is 5.91 Å². The van der Waals surface area contributed by atoms with Crippen molar-refractivity contribution in [3.63, 3.8) is 0 Å². The van der Waals surface area contributed by atoms with Crippen molar-refractivity contribution in [1.29, 1.82) is 0 Å². The van der Waals surface area contributed by atoms with E-state index >= 15 is 0 Å². The molecule has 0 fully saturated rings. The predicted molar refractivity (Wildman–Crippen MR) is 93.0 cm³/mol.